The quantitative estimate of drug-likeness (QED) is 0.618. The summed E-state index contributed by atoms with van der Waals surface area (Å²) < 4.78 is 0. The highest BCUT2D eigenvalue weighted by molar-refractivity contribution is 5.74. The molecule has 4 heteroatoms. The molecule has 4 rings (SSSR count). The van der Waals surface area contributed by atoms with Crippen LogP contribution in [0.5, 0.6) is 0 Å². The first-order chi connectivity index (χ1) is 12.5. The summed E-state index contributed by atoms with van der Waals surface area (Å²) in [6.07, 6.45) is 3.09. The van der Waals surface area contributed by atoms with Gasteiger partial charge in [-0.25, -0.2) is 0 Å². The van der Waals surface area contributed by atoms with Crippen molar-refractivity contribution < 1.29 is 20.4 Å². The first-order valence-electron chi connectivity index (χ1n) is 9.15. The third-order valence-electron chi connectivity index (χ3n) is 5.63. The molecule has 0 bridgehead atoms. The van der Waals surface area contributed by atoms with E-state index in [0.717, 1.165) is 33.4 Å². The monoisotopic (exact) mass is 352 g/mol. The third-order valence-corrected chi connectivity index (χ3v) is 5.63. The Morgan fingerprint density at radius 1 is 0.577 bits per heavy atom. The molecule has 0 aliphatic heterocycles. The topological polar surface area (TPSA) is 80.9 Å². The lowest BCUT2D eigenvalue weighted by atomic mass is 9.83. The normalized spacial score (nSPS) is 28.0. The summed E-state index contributed by atoms with van der Waals surface area (Å²) in [5.74, 6) is 0. The smallest absolute Gasteiger partial charge is 0.0842 e. The lowest BCUT2D eigenvalue weighted by Gasteiger charge is -2.27. The Kier molecular flexibility index (Phi) is 4.67. The fourth-order valence-electron chi connectivity index (χ4n) is 4.09. The molecule has 4 N–H and O–H groups in total. The highest BCUT2D eigenvalue weighted by atomic mass is 16.3. The Hall–Kier alpha value is -1.98. The fourth-order valence-corrected chi connectivity index (χ4v) is 4.09. The zero-order valence-electron chi connectivity index (χ0n) is 14.5. The molecular formula is C22H24O4. The molecule has 136 valence electrons. The average Bonchev–Trinajstić information content (AvgIpc) is 2.62. The van der Waals surface area contributed by atoms with Gasteiger partial charge in [-0.1, -0.05) is 48.6 Å². The highest BCUT2D eigenvalue weighted by Crippen LogP contribution is 2.29. The number of aliphatic hydroxyl groups excluding tert-OH is 4. The second-order valence-corrected chi connectivity index (χ2v) is 7.39. The molecule has 0 radical (unpaired) electrons. The van der Waals surface area contributed by atoms with E-state index in [0.29, 0.717) is 25.7 Å². The van der Waals surface area contributed by atoms with Crippen molar-refractivity contribution in [1.82, 2.24) is 0 Å². The maximum atomic E-state index is 10.0. The Labute approximate surface area is 153 Å². The number of rotatable bonds is 2. The molecule has 0 heterocycles. The van der Waals surface area contributed by atoms with E-state index in [4.69, 9.17) is 0 Å². The first kappa shape index (κ1) is 17.4. The van der Waals surface area contributed by atoms with Crippen molar-refractivity contribution in [2.75, 3.05) is 0 Å². The van der Waals surface area contributed by atoms with Crippen LogP contribution in [0.2, 0.25) is 0 Å². The van der Waals surface area contributed by atoms with E-state index in [1.54, 1.807) is 0 Å². The summed E-state index contributed by atoms with van der Waals surface area (Å²) >= 11 is 0. The summed E-state index contributed by atoms with van der Waals surface area (Å²) in [5.41, 5.74) is 6.42. The van der Waals surface area contributed by atoms with Gasteiger partial charge in [-0.05, 0) is 33.4 Å². The van der Waals surface area contributed by atoms with E-state index >= 15 is 0 Å². The van der Waals surface area contributed by atoms with Gasteiger partial charge in [0.1, 0.15) is 0 Å². The molecule has 2 aromatic carbocycles. The number of hydrogen-bond donors (Lipinski definition) is 4. The molecule has 4 unspecified atom stereocenters. The molecule has 2 aliphatic rings. The molecule has 4 nitrogen and oxygen atoms in total. The van der Waals surface area contributed by atoms with Crippen LogP contribution >= 0.6 is 0 Å². The number of aliphatic hydroxyl groups is 4. The van der Waals surface area contributed by atoms with Gasteiger partial charge in [0, 0.05) is 25.7 Å². The van der Waals surface area contributed by atoms with Crippen LogP contribution in [-0.2, 0) is 25.7 Å². The predicted molar refractivity (Wildman–Crippen MR) is 101 cm³/mol. The van der Waals surface area contributed by atoms with Crippen LogP contribution in [0.25, 0.3) is 12.2 Å². The van der Waals surface area contributed by atoms with Crippen molar-refractivity contribution in [3.8, 4) is 0 Å². The lowest BCUT2D eigenvalue weighted by molar-refractivity contribution is 0.0141. The van der Waals surface area contributed by atoms with E-state index in [-0.39, 0.29) is 0 Å². The van der Waals surface area contributed by atoms with Crippen LogP contribution in [0.15, 0.2) is 36.4 Å². The van der Waals surface area contributed by atoms with Gasteiger partial charge in [-0.15, -0.1) is 0 Å². The van der Waals surface area contributed by atoms with Crippen molar-refractivity contribution in [2.24, 2.45) is 0 Å². The minimum atomic E-state index is -0.724. The van der Waals surface area contributed by atoms with Crippen LogP contribution in [0.4, 0.5) is 0 Å². The summed E-state index contributed by atoms with van der Waals surface area (Å²) in [5, 5.41) is 39.8. The van der Waals surface area contributed by atoms with Crippen molar-refractivity contribution in [1.29, 1.82) is 0 Å². The van der Waals surface area contributed by atoms with Crippen LogP contribution in [-0.4, -0.2) is 44.8 Å². The average molecular weight is 352 g/mol. The van der Waals surface area contributed by atoms with Crippen LogP contribution in [0, 0.1) is 0 Å². The Morgan fingerprint density at radius 3 is 1.38 bits per heavy atom. The zero-order valence-corrected chi connectivity index (χ0v) is 14.5. The number of benzene rings is 2. The van der Waals surface area contributed by atoms with Gasteiger partial charge < -0.3 is 20.4 Å². The van der Waals surface area contributed by atoms with Gasteiger partial charge in [0.15, 0.2) is 0 Å². The van der Waals surface area contributed by atoms with Gasteiger partial charge in [-0.3, -0.25) is 0 Å². The van der Waals surface area contributed by atoms with E-state index in [1.807, 2.05) is 48.6 Å². The van der Waals surface area contributed by atoms with E-state index in [9.17, 15) is 20.4 Å². The van der Waals surface area contributed by atoms with Crippen LogP contribution in [0.3, 0.4) is 0 Å². The van der Waals surface area contributed by atoms with E-state index in [2.05, 4.69) is 0 Å². The third kappa shape index (κ3) is 3.21. The molecule has 0 fully saturated rings. The van der Waals surface area contributed by atoms with Crippen LogP contribution in [0.1, 0.15) is 33.4 Å². The Bertz CT molecular complexity index is 773. The summed E-state index contributed by atoms with van der Waals surface area (Å²) in [4.78, 5) is 0. The summed E-state index contributed by atoms with van der Waals surface area (Å²) in [6.45, 7) is 0. The SMILES string of the molecule is OC1Cc2cccc(/C=C/c3cccc4c3CC(O)C(O)C4)c2CC1O. The van der Waals surface area contributed by atoms with Gasteiger partial charge in [0.25, 0.3) is 0 Å². The molecule has 0 aromatic heterocycles. The van der Waals surface area contributed by atoms with Crippen molar-refractivity contribution in [3.63, 3.8) is 0 Å². The van der Waals surface area contributed by atoms with Crippen molar-refractivity contribution in [3.05, 3.63) is 69.8 Å². The minimum absolute atomic E-state index is 0.453. The second-order valence-electron chi connectivity index (χ2n) is 7.39. The number of fused-ring (bicyclic) bond motifs is 2. The molecule has 2 aliphatic carbocycles. The van der Waals surface area contributed by atoms with Crippen molar-refractivity contribution >= 4 is 12.2 Å². The van der Waals surface area contributed by atoms with E-state index < -0.39 is 24.4 Å². The Balaban J connectivity index is 1.67. The molecule has 4 atom stereocenters. The lowest BCUT2D eigenvalue weighted by Crippen LogP contribution is -2.35. The summed E-state index contributed by atoms with van der Waals surface area (Å²) in [6, 6.07) is 12.0. The molecule has 0 saturated heterocycles. The Morgan fingerprint density at radius 2 is 0.962 bits per heavy atom. The molecule has 26 heavy (non-hydrogen) atoms. The zero-order chi connectivity index (χ0) is 18.3. The van der Waals surface area contributed by atoms with Crippen molar-refractivity contribution in [2.45, 2.75) is 50.1 Å². The minimum Gasteiger partial charge on any atom is -0.390 e. The maximum absolute atomic E-state index is 10.0. The molecule has 2 aromatic rings. The molecule has 0 spiro atoms. The van der Waals surface area contributed by atoms with Crippen LogP contribution < -0.4 is 0 Å². The molecule has 0 saturated carbocycles. The first-order valence-corrected chi connectivity index (χ1v) is 9.15. The van der Waals surface area contributed by atoms with E-state index in [1.165, 1.54) is 0 Å². The number of hydrogen-bond acceptors (Lipinski definition) is 4. The van der Waals surface area contributed by atoms with Gasteiger partial charge >= 0.3 is 0 Å². The van der Waals surface area contributed by atoms with Gasteiger partial charge in [0.05, 0.1) is 24.4 Å². The van der Waals surface area contributed by atoms with Gasteiger partial charge in [-0.2, -0.15) is 0 Å². The summed E-state index contributed by atoms with van der Waals surface area (Å²) in [7, 11) is 0. The predicted octanol–water partition coefficient (Wildman–Crippen LogP) is 1.50. The van der Waals surface area contributed by atoms with Gasteiger partial charge in [0.2, 0.25) is 0 Å². The molecule has 0 amide bonds. The largest absolute Gasteiger partial charge is 0.390 e. The standard InChI is InChI=1S/C22H24O4/c23-19-9-15-5-1-3-13(17(15)11-21(19)25)7-8-14-4-2-6-16-10-20(24)22(26)12-18(14)16/h1-8,19-26H,9-12H2/b8-7+. The maximum Gasteiger partial charge on any atom is 0.0842 e. The highest BCUT2D eigenvalue weighted by Gasteiger charge is 2.27. The molecular weight excluding hydrogens is 328 g/mol. The second kappa shape index (κ2) is 6.97. The fraction of sp³-hybridized carbons (Fsp3) is 0.364.